The molecule has 0 saturated carbocycles. The van der Waals surface area contributed by atoms with Crippen LogP contribution in [0.3, 0.4) is 0 Å². The summed E-state index contributed by atoms with van der Waals surface area (Å²) in [6, 6.07) is 4.29. The maximum Gasteiger partial charge on any atom is 0.334 e. The molecule has 2 rings (SSSR count). The number of imide groups is 2. The molecular formula is C13H13N3O4S. The summed E-state index contributed by atoms with van der Waals surface area (Å²) in [4.78, 5) is 36.8. The first kappa shape index (κ1) is 14.9. The van der Waals surface area contributed by atoms with E-state index in [0.717, 1.165) is 9.80 Å². The van der Waals surface area contributed by atoms with Crippen molar-refractivity contribution in [3.63, 3.8) is 0 Å². The molecule has 0 atom stereocenters. The van der Waals surface area contributed by atoms with Crippen LogP contribution in [0.25, 0.3) is 0 Å². The van der Waals surface area contributed by atoms with Crippen molar-refractivity contribution in [2.75, 3.05) is 14.2 Å². The van der Waals surface area contributed by atoms with Gasteiger partial charge in [-0.15, -0.1) is 0 Å². The van der Waals surface area contributed by atoms with Crippen molar-refractivity contribution in [3.8, 4) is 5.75 Å². The molecule has 110 valence electrons. The highest BCUT2D eigenvalue weighted by Gasteiger charge is 2.42. The number of rotatable bonds is 4. The van der Waals surface area contributed by atoms with Crippen LogP contribution in [0.2, 0.25) is 0 Å². The SMILES string of the molecule is COc1cc(CN2C(=O)C(=O)N(C)C2=O)ccc1C(N)=S. The quantitative estimate of drug-likeness (QED) is 0.487. The molecule has 0 bridgehead atoms. The van der Waals surface area contributed by atoms with E-state index in [-0.39, 0.29) is 11.5 Å². The molecule has 1 saturated heterocycles. The van der Waals surface area contributed by atoms with Crippen LogP contribution in [0.4, 0.5) is 4.79 Å². The van der Waals surface area contributed by atoms with E-state index in [9.17, 15) is 14.4 Å². The standard InChI is InChI=1S/C13H13N3O4S/c1-15-11(17)12(18)16(13(15)19)6-7-3-4-8(10(14)21)9(5-7)20-2/h3-5H,6H2,1-2H3,(H2,14,21). The van der Waals surface area contributed by atoms with E-state index >= 15 is 0 Å². The Hall–Kier alpha value is -2.48. The zero-order valence-electron chi connectivity index (χ0n) is 11.5. The van der Waals surface area contributed by atoms with E-state index < -0.39 is 17.8 Å². The van der Waals surface area contributed by atoms with Gasteiger partial charge in [0.05, 0.1) is 19.2 Å². The summed E-state index contributed by atoms with van der Waals surface area (Å²) in [5.74, 6) is -1.25. The Balaban J connectivity index is 2.29. The van der Waals surface area contributed by atoms with Crippen LogP contribution in [0.5, 0.6) is 5.75 Å². The molecule has 7 nitrogen and oxygen atoms in total. The Bertz CT molecular complexity index is 659. The van der Waals surface area contributed by atoms with Gasteiger partial charge in [0.2, 0.25) is 0 Å². The Labute approximate surface area is 126 Å². The minimum atomic E-state index is -0.847. The number of carbonyl (C=O) groups is 3. The van der Waals surface area contributed by atoms with Gasteiger partial charge in [-0.1, -0.05) is 18.3 Å². The fraction of sp³-hybridized carbons (Fsp3) is 0.231. The van der Waals surface area contributed by atoms with Crippen LogP contribution in [-0.4, -0.2) is 46.8 Å². The molecule has 1 aliphatic rings. The molecule has 2 N–H and O–H groups in total. The predicted molar refractivity (Wildman–Crippen MR) is 77.6 cm³/mol. The number of nitrogens with zero attached hydrogens (tertiary/aromatic N) is 2. The maximum atomic E-state index is 11.8. The van der Waals surface area contributed by atoms with Gasteiger partial charge in [0.1, 0.15) is 10.7 Å². The summed E-state index contributed by atoms with van der Waals surface area (Å²) >= 11 is 4.90. The lowest BCUT2D eigenvalue weighted by molar-refractivity contribution is -0.143. The number of nitrogens with two attached hydrogens (primary N) is 1. The molecule has 4 amide bonds. The van der Waals surface area contributed by atoms with Crippen molar-refractivity contribution in [1.82, 2.24) is 9.80 Å². The van der Waals surface area contributed by atoms with E-state index in [1.807, 2.05) is 0 Å². The number of thiocarbonyl (C=S) groups is 1. The average Bonchev–Trinajstić information content (AvgIpc) is 2.64. The molecule has 1 aromatic rings. The van der Waals surface area contributed by atoms with E-state index in [1.54, 1.807) is 18.2 Å². The van der Waals surface area contributed by atoms with E-state index in [0.29, 0.717) is 16.9 Å². The topological polar surface area (TPSA) is 92.9 Å². The summed E-state index contributed by atoms with van der Waals surface area (Å²) in [7, 11) is 2.73. The van der Waals surface area contributed by atoms with Gasteiger partial charge in [0, 0.05) is 7.05 Å². The molecule has 0 radical (unpaired) electrons. The van der Waals surface area contributed by atoms with Gasteiger partial charge >= 0.3 is 17.8 Å². The Morgan fingerprint density at radius 1 is 1.29 bits per heavy atom. The first-order valence-electron chi connectivity index (χ1n) is 5.97. The predicted octanol–water partition coefficient (Wildman–Crippen LogP) is 0.250. The van der Waals surface area contributed by atoms with Crippen molar-refractivity contribution in [3.05, 3.63) is 29.3 Å². The molecule has 0 aromatic heterocycles. The third-order valence-corrected chi connectivity index (χ3v) is 3.34. The van der Waals surface area contributed by atoms with Crippen LogP contribution in [-0.2, 0) is 16.1 Å². The Kier molecular flexibility index (Phi) is 3.90. The van der Waals surface area contributed by atoms with Crippen LogP contribution in [0.1, 0.15) is 11.1 Å². The van der Waals surface area contributed by atoms with E-state index in [1.165, 1.54) is 14.2 Å². The molecule has 1 aliphatic heterocycles. The molecule has 0 aliphatic carbocycles. The normalized spacial score (nSPS) is 14.9. The molecule has 1 aromatic carbocycles. The second-order valence-corrected chi connectivity index (χ2v) is 4.88. The minimum absolute atomic E-state index is 0.0261. The second-order valence-electron chi connectivity index (χ2n) is 4.44. The zero-order chi connectivity index (χ0) is 15.7. The fourth-order valence-electron chi connectivity index (χ4n) is 1.97. The Morgan fingerprint density at radius 2 is 1.95 bits per heavy atom. The van der Waals surface area contributed by atoms with Gasteiger partial charge in [-0.25, -0.2) is 4.79 Å². The lowest BCUT2D eigenvalue weighted by Gasteiger charge is -2.14. The minimum Gasteiger partial charge on any atom is -0.496 e. The number of methoxy groups -OCH3 is 1. The number of hydrogen-bond donors (Lipinski definition) is 1. The van der Waals surface area contributed by atoms with Gasteiger partial charge < -0.3 is 10.5 Å². The summed E-state index contributed by atoms with van der Waals surface area (Å²) in [6.45, 7) is -0.0261. The molecule has 0 spiro atoms. The average molecular weight is 307 g/mol. The van der Waals surface area contributed by atoms with Crippen molar-refractivity contribution in [1.29, 1.82) is 0 Å². The lowest BCUT2D eigenvalue weighted by atomic mass is 10.1. The summed E-state index contributed by atoms with van der Waals surface area (Å²) < 4.78 is 5.17. The summed E-state index contributed by atoms with van der Waals surface area (Å²) in [5, 5.41) is 0. The number of likely N-dealkylation sites (N-methyl/N-ethyl adjacent to an activating group) is 1. The van der Waals surface area contributed by atoms with Crippen molar-refractivity contribution in [2.45, 2.75) is 6.54 Å². The fourth-order valence-corrected chi connectivity index (χ4v) is 2.14. The first-order valence-corrected chi connectivity index (χ1v) is 6.38. The molecular weight excluding hydrogens is 294 g/mol. The van der Waals surface area contributed by atoms with E-state index in [2.05, 4.69) is 0 Å². The monoisotopic (exact) mass is 307 g/mol. The maximum absolute atomic E-state index is 11.8. The largest absolute Gasteiger partial charge is 0.496 e. The summed E-state index contributed by atoms with van der Waals surface area (Å²) in [5.41, 5.74) is 6.75. The van der Waals surface area contributed by atoms with Crippen LogP contribution in [0.15, 0.2) is 18.2 Å². The third kappa shape index (κ3) is 2.57. The smallest absolute Gasteiger partial charge is 0.334 e. The van der Waals surface area contributed by atoms with Crippen LogP contribution >= 0.6 is 12.2 Å². The molecule has 1 heterocycles. The van der Waals surface area contributed by atoms with Crippen LogP contribution < -0.4 is 10.5 Å². The van der Waals surface area contributed by atoms with Crippen molar-refractivity contribution < 1.29 is 19.1 Å². The van der Waals surface area contributed by atoms with Gasteiger partial charge in [-0.2, -0.15) is 0 Å². The molecule has 1 fully saturated rings. The zero-order valence-corrected chi connectivity index (χ0v) is 12.3. The molecule has 8 heteroatoms. The van der Waals surface area contributed by atoms with Gasteiger partial charge in [0.15, 0.2) is 0 Å². The first-order chi connectivity index (χ1) is 9.86. The van der Waals surface area contributed by atoms with Crippen LogP contribution in [0, 0.1) is 0 Å². The van der Waals surface area contributed by atoms with E-state index in [4.69, 9.17) is 22.7 Å². The summed E-state index contributed by atoms with van der Waals surface area (Å²) in [6.07, 6.45) is 0. The third-order valence-electron chi connectivity index (χ3n) is 3.12. The van der Waals surface area contributed by atoms with Gasteiger partial charge in [0.25, 0.3) is 0 Å². The number of hydrogen-bond acceptors (Lipinski definition) is 5. The van der Waals surface area contributed by atoms with Gasteiger partial charge in [-0.3, -0.25) is 19.4 Å². The number of urea groups is 1. The Morgan fingerprint density at radius 3 is 2.43 bits per heavy atom. The van der Waals surface area contributed by atoms with Crippen molar-refractivity contribution >= 4 is 35.1 Å². The second kappa shape index (κ2) is 5.49. The highest BCUT2D eigenvalue weighted by Crippen LogP contribution is 2.22. The molecule has 21 heavy (non-hydrogen) atoms. The highest BCUT2D eigenvalue weighted by molar-refractivity contribution is 7.80. The van der Waals surface area contributed by atoms with Gasteiger partial charge in [-0.05, 0) is 17.7 Å². The number of carbonyl (C=O) groups excluding carboxylic acids is 3. The number of amides is 4. The number of benzene rings is 1. The molecule has 0 unspecified atom stereocenters. The van der Waals surface area contributed by atoms with Crippen molar-refractivity contribution in [2.24, 2.45) is 5.73 Å². The lowest BCUT2D eigenvalue weighted by Crippen LogP contribution is -2.31. The number of ether oxygens (including phenoxy) is 1. The highest BCUT2D eigenvalue weighted by atomic mass is 32.1.